The van der Waals surface area contributed by atoms with E-state index in [1.165, 1.54) is 6.07 Å². The average Bonchev–Trinajstić information content (AvgIpc) is 2.51. The van der Waals surface area contributed by atoms with Gasteiger partial charge in [-0.3, -0.25) is 4.79 Å². The Hall–Kier alpha value is -2.56. The second-order valence-electron chi connectivity index (χ2n) is 6.08. The molecule has 5 heteroatoms. The lowest BCUT2D eigenvalue weighted by Crippen LogP contribution is -2.57. The molecule has 1 aromatic carbocycles. The van der Waals surface area contributed by atoms with Crippen LogP contribution in [-0.4, -0.2) is 30.0 Å². The van der Waals surface area contributed by atoms with E-state index in [2.05, 4.69) is 0 Å². The van der Waals surface area contributed by atoms with E-state index in [0.29, 0.717) is 24.6 Å². The number of nitrogens with zero attached hydrogens (tertiary/aromatic N) is 1. The van der Waals surface area contributed by atoms with Crippen molar-refractivity contribution in [2.45, 2.75) is 32.3 Å². The van der Waals surface area contributed by atoms with Crippen LogP contribution in [0.3, 0.4) is 0 Å². The second-order valence-corrected chi connectivity index (χ2v) is 6.08. The number of carbonyl (C=O) groups excluding carboxylic acids is 1. The maximum absolute atomic E-state index is 12.7. The van der Waals surface area contributed by atoms with Gasteiger partial charge < -0.3 is 14.1 Å². The fourth-order valence-corrected chi connectivity index (χ4v) is 2.99. The minimum absolute atomic E-state index is 0.0802. The quantitative estimate of drug-likeness (QED) is 0.847. The third-order valence-electron chi connectivity index (χ3n) is 4.24. The van der Waals surface area contributed by atoms with Crippen molar-refractivity contribution in [2.24, 2.45) is 0 Å². The lowest BCUT2D eigenvalue weighted by Gasteiger charge is -2.40. The predicted octanol–water partition coefficient (Wildman–Crippen LogP) is 2.73. The molecule has 0 aliphatic carbocycles. The number of rotatable bonds is 5. The van der Waals surface area contributed by atoms with Crippen molar-refractivity contribution in [3.8, 4) is 5.75 Å². The van der Waals surface area contributed by atoms with E-state index in [0.717, 1.165) is 12.0 Å². The summed E-state index contributed by atoms with van der Waals surface area (Å²) >= 11 is 0. The van der Waals surface area contributed by atoms with Gasteiger partial charge in [0.05, 0.1) is 25.1 Å². The summed E-state index contributed by atoms with van der Waals surface area (Å²) in [5, 5.41) is 0. The normalized spacial score (nSPS) is 15.7. The van der Waals surface area contributed by atoms with E-state index in [-0.39, 0.29) is 17.9 Å². The van der Waals surface area contributed by atoms with E-state index >= 15 is 0 Å². The fraction of sp³-hybridized carbons (Fsp3) is 0.368. The van der Waals surface area contributed by atoms with Crippen LogP contribution in [0.1, 0.15) is 30.6 Å². The molecule has 1 saturated heterocycles. The average molecular weight is 327 g/mol. The summed E-state index contributed by atoms with van der Waals surface area (Å²) in [5.74, 6) is 1.03. The zero-order valence-electron chi connectivity index (χ0n) is 13.9. The first-order valence-corrected chi connectivity index (χ1v) is 8.19. The van der Waals surface area contributed by atoms with E-state index in [1.807, 2.05) is 42.2 Å². The van der Waals surface area contributed by atoms with Crippen molar-refractivity contribution in [3.05, 3.63) is 64.2 Å². The zero-order valence-corrected chi connectivity index (χ0v) is 13.9. The molecule has 1 aromatic heterocycles. The molecule has 2 aromatic rings. The second kappa shape index (κ2) is 6.91. The monoisotopic (exact) mass is 327 g/mol. The van der Waals surface area contributed by atoms with Gasteiger partial charge in [0.25, 0.3) is 0 Å². The van der Waals surface area contributed by atoms with E-state index < -0.39 is 5.63 Å². The molecule has 2 heterocycles. The first kappa shape index (κ1) is 16.3. The van der Waals surface area contributed by atoms with Gasteiger partial charge >= 0.3 is 5.63 Å². The van der Waals surface area contributed by atoms with Crippen LogP contribution in [0.5, 0.6) is 5.75 Å². The molecular weight excluding hydrogens is 306 g/mol. The highest BCUT2D eigenvalue weighted by atomic mass is 16.5. The Morgan fingerprint density at radius 1 is 1.29 bits per heavy atom. The highest BCUT2D eigenvalue weighted by molar-refractivity contribution is 5.84. The van der Waals surface area contributed by atoms with Crippen LogP contribution in [0.4, 0.5) is 0 Å². The molecule has 1 aliphatic heterocycles. The van der Waals surface area contributed by atoms with E-state index in [1.54, 1.807) is 13.0 Å². The van der Waals surface area contributed by atoms with Gasteiger partial charge in [-0.1, -0.05) is 37.3 Å². The first-order valence-electron chi connectivity index (χ1n) is 8.19. The number of amides is 1. The van der Waals surface area contributed by atoms with Gasteiger partial charge in [-0.2, -0.15) is 0 Å². The van der Waals surface area contributed by atoms with E-state index in [4.69, 9.17) is 9.15 Å². The summed E-state index contributed by atoms with van der Waals surface area (Å²) in [6.45, 7) is 4.81. The number of carbonyl (C=O) groups is 1. The predicted molar refractivity (Wildman–Crippen MR) is 90.2 cm³/mol. The maximum Gasteiger partial charge on any atom is 0.339 e. The van der Waals surface area contributed by atoms with Gasteiger partial charge in [0.1, 0.15) is 17.6 Å². The molecule has 0 N–H and O–H groups in total. The molecule has 126 valence electrons. The minimum atomic E-state index is -0.424. The Balaban J connectivity index is 1.59. The van der Waals surface area contributed by atoms with Gasteiger partial charge in [-0.15, -0.1) is 0 Å². The van der Waals surface area contributed by atoms with Crippen molar-refractivity contribution < 1.29 is 13.9 Å². The van der Waals surface area contributed by atoms with Crippen molar-refractivity contribution >= 4 is 5.91 Å². The number of hydrogen-bond donors (Lipinski definition) is 0. The number of benzene rings is 1. The van der Waals surface area contributed by atoms with Gasteiger partial charge in [0, 0.05) is 6.07 Å². The van der Waals surface area contributed by atoms with Crippen LogP contribution in [0, 0.1) is 6.92 Å². The molecule has 1 unspecified atom stereocenters. The van der Waals surface area contributed by atoms with Crippen LogP contribution >= 0.6 is 0 Å². The molecule has 1 aliphatic rings. The molecule has 1 fully saturated rings. The topological polar surface area (TPSA) is 59.8 Å². The maximum atomic E-state index is 12.7. The van der Waals surface area contributed by atoms with Crippen molar-refractivity contribution in [3.63, 3.8) is 0 Å². The third-order valence-corrected chi connectivity index (χ3v) is 4.24. The van der Waals surface area contributed by atoms with Gasteiger partial charge in [-0.05, 0) is 18.9 Å². The molecule has 0 saturated carbocycles. The lowest BCUT2D eigenvalue weighted by atomic mass is 9.93. The SMILES string of the molecule is CCC(C(=O)N1CC(Oc2cc(C)oc(=O)c2)C1)c1ccccc1. The first-order chi connectivity index (χ1) is 11.6. The molecule has 3 rings (SSSR count). The summed E-state index contributed by atoms with van der Waals surface area (Å²) in [5.41, 5.74) is 0.623. The third kappa shape index (κ3) is 3.50. The minimum Gasteiger partial charge on any atom is -0.486 e. The van der Waals surface area contributed by atoms with Crippen LogP contribution in [0.2, 0.25) is 0 Å². The van der Waals surface area contributed by atoms with Crippen LogP contribution in [0.25, 0.3) is 0 Å². The molecule has 0 radical (unpaired) electrons. The summed E-state index contributed by atoms with van der Waals surface area (Å²) in [6.07, 6.45) is 0.687. The summed E-state index contributed by atoms with van der Waals surface area (Å²) < 4.78 is 10.7. The molecule has 0 bridgehead atoms. The Labute approximate surface area is 140 Å². The highest BCUT2D eigenvalue weighted by Crippen LogP contribution is 2.26. The standard InChI is InChI=1S/C19H21NO4/c1-3-17(14-7-5-4-6-8-14)19(22)20-11-16(12-20)24-15-9-13(2)23-18(21)10-15/h4-10,16-17H,3,11-12H2,1-2H3. The highest BCUT2D eigenvalue weighted by Gasteiger charge is 2.35. The number of hydrogen-bond acceptors (Lipinski definition) is 4. The Kier molecular flexibility index (Phi) is 4.69. The lowest BCUT2D eigenvalue weighted by molar-refractivity contribution is -0.141. The number of ether oxygens (including phenoxy) is 1. The Morgan fingerprint density at radius 2 is 2.00 bits per heavy atom. The summed E-state index contributed by atoms with van der Waals surface area (Å²) in [4.78, 5) is 25.8. The Bertz CT molecular complexity index is 762. The number of aryl methyl sites for hydroxylation is 1. The van der Waals surface area contributed by atoms with Gasteiger partial charge in [0.15, 0.2) is 0 Å². The van der Waals surface area contributed by atoms with Crippen LogP contribution in [0.15, 0.2) is 51.7 Å². The largest absolute Gasteiger partial charge is 0.486 e. The summed E-state index contributed by atoms with van der Waals surface area (Å²) in [6, 6.07) is 12.9. The van der Waals surface area contributed by atoms with Crippen LogP contribution < -0.4 is 10.4 Å². The fourth-order valence-electron chi connectivity index (χ4n) is 2.99. The number of likely N-dealkylation sites (tertiary alicyclic amines) is 1. The van der Waals surface area contributed by atoms with Crippen molar-refractivity contribution in [2.75, 3.05) is 13.1 Å². The smallest absolute Gasteiger partial charge is 0.339 e. The molecule has 24 heavy (non-hydrogen) atoms. The van der Waals surface area contributed by atoms with Crippen molar-refractivity contribution in [1.29, 1.82) is 0 Å². The van der Waals surface area contributed by atoms with E-state index in [9.17, 15) is 9.59 Å². The molecule has 0 spiro atoms. The molecule has 5 nitrogen and oxygen atoms in total. The molecule has 1 amide bonds. The Morgan fingerprint density at radius 3 is 2.62 bits per heavy atom. The zero-order chi connectivity index (χ0) is 17.1. The van der Waals surface area contributed by atoms with Gasteiger partial charge in [0.2, 0.25) is 5.91 Å². The summed E-state index contributed by atoms with van der Waals surface area (Å²) in [7, 11) is 0. The van der Waals surface area contributed by atoms with Crippen LogP contribution in [-0.2, 0) is 4.79 Å². The van der Waals surface area contributed by atoms with Crippen molar-refractivity contribution in [1.82, 2.24) is 4.90 Å². The molecular formula is C19H21NO4. The van der Waals surface area contributed by atoms with Gasteiger partial charge in [-0.25, -0.2) is 4.79 Å². The molecule has 1 atom stereocenters.